The highest BCUT2D eigenvalue weighted by atomic mass is 16.2. The molecule has 0 bridgehead atoms. The van der Waals surface area contributed by atoms with Crippen molar-refractivity contribution in [2.24, 2.45) is 17.8 Å². The topological polar surface area (TPSA) is 46.3 Å². The lowest BCUT2D eigenvalue weighted by atomic mass is 10.1. The third-order valence-corrected chi connectivity index (χ3v) is 4.63. The van der Waals surface area contributed by atoms with Gasteiger partial charge in [-0.1, -0.05) is 25.5 Å². The Labute approximate surface area is 114 Å². The van der Waals surface area contributed by atoms with E-state index in [0.29, 0.717) is 23.4 Å². The first-order chi connectivity index (χ1) is 9.24. The number of nitrogens with zero attached hydrogens (tertiary/aromatic N) is 1. The summed E-state index contributed by atoms with van der Waals surface area (Å²) in [6, 6.07) is 7.70. The predicted molar refractivity (Wildman–Crippen MR) is 77.8 cm³/mol. The number of fused-ring (bicyclic) bond motifs is 1. The van der Waals surface area contributed by atoms with Gasteiger partial charge in [-0.05, 0) is 43.2 Å². The highest BCUT2D eigenvalue weighted by Crippen LogP contribution is 2.58. The van der Waals surface area contributed by atoms with Crippen molar-refractivity contribution < 1.29 is 4.79 Å². The number of nitrogens with two attached hydrogens (primary N) is 1. The van der Waals surface area contributed by atoms with Crippen LogP contribution in [0.15, 0.2) is 24.3 Å². The molecule has 1 aromatic carbocycles. The minimum atomic E-state index is 0.278. The van der Waals surface area contributed by atoms with Crippen LogP contribution < -0.4 is 10.6 Å². The number of hydrogen-bond donors (Lipinski definition) is 1. The van der Waals surface area contributed by atoms with Crippen molar-refractivity contribution >= 4 is 17.3 Å². The Kier molecular flexibility index (Phi) is 3.21. The van der Waals surface area contributed by atoms with Crippen molar-refractivity contribution in [1.82, 2.24) is 0 Å². The third kappa shape index (κ3) is 2.11. The second-order valence-electron chi connectivity index (χ2n) is 5.83. The van der Waals surface area contributed by atoms with Gasteiger partial charge in [-0.2, -0.15) is 0 Å². The van der Waals surface area contributed by atoms with Crippen LogP contribution in [0, 0.1) is 17.8 Å². The SMILES string of the molecule is CCCN(C(=O)C1C2CCCC21)c1ccccc1N. The number of nitrogen functional groups attached to an aromatic ring is 1. The predicted octanol–water partition coefficient (Wildman–Crippen LogP) is 3.06. The zero-order valence-corrected chi connectivity index (χ0v) is 11.5. The van der Waals surface area contributed by atoms with Gasteiger partial charge in [0, 0.05) is 12.5 Å². The molecule has 0 saturated heterocycles. The van der Waals surface area contributed by atoms with Gasteiger partial charge in [-0.25, -0.2) is 0 Å². The van der Waals surface area contributed by atoms with Gasteiger partial charge in [-0.3, -0.25) is 4.79 Å². The zero-order valence-electron chi connectivity index (χ0n) is 11.5. The maximum absolute atomic E-state index is 12.7. The van der Waals surface area contributed by atoms with E-state index in [9.17, 15) is 4.79 Å². The molecule has 1 aromatic rings. The fraction of sp³-hybridized carbons (Fsp3) is 0.562. The molecule has 2 fully saturated rings. The standard InChI is InChI=1S/C16H22N2O/c1-2-10-18(14-9-4-3-8-13(14)17)16(19)15-11-6-5-7-12(11)15/h3-4,8-9,11-12,15H,2,5-7,10,17H2,1H3. The van der Waals surface area contributed by atoms with Gasteiger partial charge in [0.2, 0.25) is 5.91 Å². The van der Waals surface area contributed by atoms with E-state index in [2.05, 4.69) is 6.92 Å². The Morgan fingerprint density at radius 2 is 2.00 bits per heavy atom. The molecule has 2 unspecified atom stereocenters. The summed E-state index contributed by atoms with van der Waals surface area (Å²) in [5.74, 6) is 1.91. The van der Waals surface area contributed by atoms with Gasteiger partial charge in [0.15, 0.2) is 0 Å². The van der Waals surface area contributed by atoms with Crippen LogP contribution in [0.1, 0.15) is 32.6 Å². The summed E-state index contributed by atoms with van der Waals surface area (Å²) < 4.78 is 0. The lowest BCUT2D eigenvalue weighted by molar-refractivity contribution is -0.120. The molecule has 1 amide bonds. The van der Waals surface area contributed by atoms with Gasteiger partial charge in [0.05, 0.1) is 11.4 Å². The summed E-state index contributed by atoms with van der Waals surface area (Å²) in [4.78, 5) is 14.6. The molecule has 2 aliphatic rings. The highest BCUT2D eigenvalue weighted by Gasteiger charge is 2.57. The molecule has 3 rings (SSSR count). The molecule has 3 heteroatoms. The van der Waals surface area contributed by atoms with Crippen LogP contribution in [0.5, 0.6) is 0 Å². The van der Waals surface area contributed by atoms with Crippen LogP contribution in [0.3, 0.4) is 0 Å². The van der Waals surface area contributed by atoms with Crippen molar-refractivity contribution in [3.63, 3.8) is 0 Å². The van der Waals surface area contributed by atoms with Gasteiger partial charge in [-0.15, -0.1) is 0 Å². The average molecular weight is 258 g/mol. The minimum absolute atomic E-state index is 0.278. The van der Waals surface area contributed by atoms with Crippen LogP contribution in [-0.2, 0) is 4.79 Å². The molecule has 102 valence electrons. The summed E-state index contributed by atoms with van der Waals surface area (Å²) in [5, 5.41) is 0. The Morgan fingerprint density at radius 1 is 1.32 bits per heavy atom. The monoisotopic (exact) mass is 258 g/mol. The van der Waals surface area contributed by atoms with Crippen molar-refractivity contribution in [2.45, 2.75) is 32.6 Å². The maximum Gasteiger partial charge on any atom is 0.230 e. The molecule has 0 spiro atoms. The van der Waals surface area contributed by atoms with E-state index in [-0.39, 0.29) is 5.92 Å². The minimum Gasteiger partial charge on any atom is -0.397 e. The summed E-state index contributed by atoms with van der Waals surface area (Å²) >= 11 is 0. The Balaban J connectivity index is 1.81. The Hall–Kier alpha value is -1.51. The number of rotatable bonds is 4. The summed E-state index contributed by atoms with van der Waals surface area (Å²) in [6.07, 6.45) is 4.75. The van der Waals surface area contributed by atoms with E-state index in [0.717, 1.165) is 18.7 Å². The molecule has 0 radical (unpaired) electrons. The normalized spacial score (nSPS) is 27.9. The Morgan fingerprint density at radius 3 is 2.63 bits per heavy atom. The number of carbonyl (C=O) groups is 1. The van der Waals surface area contributed by atoms with E-state index in [4.69, 9.17) is 5.73 Å². The molecule has 0 aromatic heterocycles. The van der Waals surface area contributed by atoms with E-state index >= 15 is 0 Å². The zero-order chi connectivity index (χ0) is 13.4. The van der Waals surface area contributed by atoms with Gasteiger partial charge in [0.25, 0.3) is 0 Å². The molecular formula is C16H22N2O. The summed E-state index contributed by atoms with van der Waals surface area (Å²) in [5.41, 5.74) is 7.62. The summed E-state index contributed by atoms with van der Waals surface area (Å²) in [6.45, 7) is 2.87. The summed E-state index contributed by atoms with van der Waals surface area (Å²) in [7, 11) is 0. The van der Waals surface area contributed by atoms with E-state index in [1.807, 2.05) is 29.2 Å². The van der Waals surface area contributed by atoms with Crippen molar-refractivity contribution in [3.8, 4) is 0 Å². The quantitative estimate of drug-likeness (QED) is 0.844. The lowest BCUT2D eigenvalue weighted by Gasteiger charge is -2.24. The number of anilines is 2. The van der Waals surface area contributed by atoms with Crippen LogP contribution in [-0.4, -0.2) is 12.5 Å². The van der Waals surface area contributed by atoms with E-state index in [1.54, 1.807) is 0 Å². The molecule has 0 heterocycles. The van der Waals surface area contributed by atoms with Crippen molar-refractivity contribution in [2.75, 3.05) is 17.2 Å². The molecule has 0 aliphatic heterocycles. The van der Waals surface area contributed by atoms with E-state index in [1.165, 1.54) is 19.3 Å². The fourth-order valence-electron chi connectivity index (χ4n) is 3.67. The smallest absolute Gasteiger partial charge is 0.230 e. The number of hydrogen-bond acceptors (Lipinski definition) is 2. The highest BCUT2D eigenvalue weighted by molar-refractivity contribution is 5.99. The average Bonchev–Trinajstić information content (AvgIpc) is 2.89. The van der Waals surface area contributed by atoms with Gasteiger partial charge >= 0.3 is 0 Å². The van der Waals surface area contributed by atoms with Crippen molar-refractivity contribution in [3.05, 3.63) is 24.3 Å². The number of amides is 1. The van der Waals surface area contributed by atoms with Crippen LogP contribution in [0.25, 0.3) is 0 Å². The molecular weight excluding hydrogens is 236 g/mol. The lowest BCUT2D eigenvalue weighted by Crippen LogP contribution is -2.34. The maximum atomic E-state index is 12.7. The van der Waals surface area contributed by atoms with Crippen LogP contribution >= 0.6 is 0 Å². The second kappa shape index (κ2) is 4.87. The molecule has 2 saturated carbocycles. The fourth-order valence-corrected chi connectivity index (χ4v) is 3.67. The molecule has 2 aliphatic carbocycles. The molecule has 2 N–H and O–H groups in total. The van der Waals surface area contributed by atoms with Crippen LogP contribution in [0.4, 0.5) is 11.4 Å². The second-order valence-corrected chi connectivity index (χ2v) is 5.83. The van der Waals surface area contributed by atoms with Gasteiger partial charge in [0.1, 0.15) is 0 Å². The van der Waals surface area contributed by atoms with Crippen molar-refractivity contribution in [1.29, 1.82) is 0 Å². The largest absolute Gasteiger partial charge is 0.397 e. The number of carbonyl (C=O) groups excluding carboxylic acids is 1. The Bertz CT molecular complexity index is 475. The molecule has 2 atom stereocenters. The van der Waals surface area contributed by atoms with Gasteiger partial charge < -0.3 is 10.6 Å². The number of para-hydroxylation sites is 2. The first-order valence-corrected chi connectivity index (χ1v) is 7.40. The van der Waals surface area contributed by atoms with Crippen LogP contribution in [0.2, 0.25) is 0 Å². The first-order valence-electron chi connectivity index (χ1n) is 7.40. The number of benzene rings is 1. The first kappa shape index (κ1) is 12.5. The van der Waals surface area contributed by atoms with E-state index < -0.39 is 0 Å². The molecule has 19 heavy (non-hydrogen) atoms. The molecule has 3 nitrogen and oxygen atoms in total. The third-order valence-electron chi connectivity index (χ3n) is 4.63.